The first kappa shape index (κ1) is 18.5. The zero-order valence-electron chi connectivity index (χ0n) is 15.4. The fourth-order valence-corrected chi connectivity index (χ4v) is 2.68. The molecule has 9 nitrogen and oxygen atoms in total. The molecule has 3 rings (SSSR count). The summed E-state index contributed by atoms with van der Waals surface area (Å²) in [4.78, 5) is 0. The van der Waals surface area contributed by atoms with Gasteiger partial charge in [0.1, 0.15) is 11.9 Å². The largest absolute Gasteiger partial charge is 0.497 e. The van der Waals surface area contributed by atoms with Gasteiger partial charge in [0.15, 0.2) is 17.3 Å². The van der Waals surface area contributed by atoms with E-state index >= 15 is 0 Å². The van der Waals surface area contributed by atoms with Crippen LogP contribution < -0.4 is 18.9 Å². The Bertz CT molecular complexity index is 885. The molecule has 1 N–H and O–H groups in total. The van der Waals surface area contributed by atoms with Crippen LogP contribution in [0.25, 0.3) is 5.69 Å². The lowest BCUT2D eigenvalue weighted by Crippen LogP contribution is -2.10. The average Bonchev–Trinajstić information content (AvgIpc) is 3.21. The van der Waals surface area contributed by atoms with Crippen LogP contribution in [-0.2, 0) is 0 Å². The van der Waals surface area contributed by atoms with Crippen molar-refractivity contribution in [3.05, 3.63) is 47.8 Å². The van der Waals surface area contributed by atoms with Crippen LogP contribution in [0.2, 0.25) is 0 Å². The molecule has 0 saturated heterocycles. The topological polar surface area (TPSA) is 101 Å². The minimum absolute atomic E-state index is 0.245. The summed E-state index contributed by atoms with van der Waals surface area (Å²) in [6.45, 7) is 0. The van der Waals surface area contributed by atoms with Gasteiger partial charge in [0.2, 0.25) is 5.75 Å². The molecule has 142 valence electrons. The normalized spacial score (nSPS) is 11.7. The number of hydrogen-bond acceptors (Lipinski definition) is 8. The van der Waals surface area contributed by atoms with Gasteiger partial charge in [-0.15, -0.1) is 5.10 Å². The molecule has 0 aliphatic heterocycles. The number of benzene rings is 2. The molecule has 0 bridgehead atoms. The van der Waals surface area contributed by atoms with E-state index in [1.165, 1.54) is 26.0 Å². The van der Waals surface area contributed by atoms with Gasteiger partial charge in [0, 0.05) is 0 Å². The molecule has 2 aromatic carbocycles. The molecular formula is C18H20N4O5. The zero-order valence-corrected chi connectivity index (χ0v) is 15.4. The fourth-order valence-electron chi connectivity index (χ4n) is 2.68. The second-order valence-corrected chi connectivity index (χ2v) is 5.51. The minimum Gasteiger partial charge on any atom is -0.497 e. The van der Waals surface area contributed by atoms with E-state index in [0.29, 0.717) is 34.2 Å². The third-order valence-electron chi connectivity index (χ3n) is 4.06. The number of methoxy groups -OCH3 is 4. The number of aliphatic hydroxyl groups excluding tert-OH is 1. The molecule has 0 aliphatic rings. The first-order chi connectivity index (χ1) is 13.1. The van der Waals surface area contributed by atoms with Crippen LogP contribution in [0, 0.1) is 0 Å². The first-order valence-electron chi connectivity index (χ1n) is 8.03. The monoisotopic (exact) mass is 372 g/mol. The Morgan fingerprint density at radius 2 is 1.52 bits per heavy atom. The molecule has 3 aromatic rings. The van der Waals surface area contributed by atoms with Crippen molar-refractivity contribution in [1.29, 1.82) is 0 Å². The highest BCUT2D eigenvalue weighted by Crippen LogP contribution is 2.40. The van der Waals surface area contributed by atoms with Crippen molar-refractivity contribution in [2.45, 2.75) is 6.10 Å². The molecule has 0 radical (unpaired) electrons. The van der Waals surface area contributed by atoms with E-state index in [9.17, 15) is 5.11 Å². The predicted molar refractivity (Wildman–Crippen MR) is 95.9 cm³/mol. The highest BCUT2D eigenvalue weighted by molar-refractivity contribution is 5.55. The number of rotatable bonds is 7. The number of aromatic nitrogens is 4. The van der Waals surface area contributed by atoms with Crippen molar-refractivity contribution in [2.24, 2.45) is 0 Å². The Morgan fingerprint density at radius 3 is 2.04 bits per heavy atom. The summed E-state index contributed by atoms with van der Waals surface area (Å²) in [5.41, 5.74) is 1.18. The van der Waals surface area contributed by atoms with Crippen LogP contribution in [0.5, 0.6) is 23.0 Å². The third kappa shape index (κ3) is 3.49. The van der Waals surface area contributed by atoms with Gasteiger partial charge in [-0.2, -0.15) is 4.68 Å². The Balaban J connectivity index is 2.02. The van der Waals surface area contributed by atoms with E-state index in [0.717, 1.165) is 0 Å². The highest BCUT2D eigenvalue weighted by atomic mass is 16.5. The quantitative estimate of drug-likeness (QED) is 0.670. The molecular weight excluding hydrogens is 352 g/mol. The maximum atomic E-state index is 10.9. The number of hydrogen-bond donors (Lipinski definition) is 1. The Kier molecular flexibility index (Phi) is 5.41. The van der Waals surface area contributed by atoms with Gasteiger partial charge in [0.05, 0.1) is 34.1 Å². The van der Waals surface area contributed by atoms with Crippen LogP contribution in [0.15, 0.2) is 36.4 Å². The molecule has 27 heavy (non-hydrogen) atoms. The standard InChI is InChI=1S/C18H20N4O5/c1-24-13-7-5-12(6-8-13)22-18(19-20-21-22)16(23)11-9-14(25-2)17(27-4)15(10-11)26-3/h5-10,16,23H,1-4H3. The molecule has 0 saturated carbocycles. The molecule has 0 aliphatic carbocycles. The molecule has 0 fully saturated rings. The molecule has 0 amide bonds. The highest BCUT2D eigenvalue weighted by Gasteiger charge is 2.23. The van der Waals surface area contributed by atoms with Crippen molar-refractivity contribution in [1.82, 2.24) is 20.2 Å². The van der Waals surface area contributed by atoms with Gasteiger partial charge < -0.3 is 24.1 Å². The maximum absolute atomic E-state index is 10.9. The van der Waals surface area contributed by atoms with E-state index in [2.05, 4.69) is 15.5 Å². The summed E-state index contributed by atoms with van der Waals surface area (Å²) < 4.78 is 22.6. The van der Waals surface area contributed by atoms with E-state index < -0.39 is 6.10 Å². The number of tetrazole rings is 1. The van der Waals surface area contributed by atoms with Crippen molar-refractivity contribution in [3.63, 3.8) is 0 Å². The summed E-state index contributed by atoms with van der Waals surface area (Å²) in [5.74, 6) is 2.24. The van der Waals surface area contributed by atoms with Gasteiger partial charge in [-0.05, 0) is 52.4 Å². The van der Waals surface area contributed by atoms with Crippen LogP contribution in [0.3, 0.4) is 0 Å². The van der Waals surface area contributed by atoms with Gasteiger partial charge >= 0.3 is 0 Å². The molecule has 1 aromatic heterocycles. The number of nitrogens with zero attached hydrogens (tertiary/aromatic N) is 4. The number of aliphatic hydroxyl groups is 1. The van der Waals surface area contributed by atoms with Gasteiger partial charge in [-0.1, -0.05) is 0 Å². The smallest absolute Gasteiger partial charge is 0.203 e. The lowest BCUT2D eigenvalue weighted by atomic mass is 10.1. The van der Waals surface area contributed by atoms with Crippen molar-refractivity contribution in [2.75, 3.05) is 28.4 Å². The summed E-state index contributed by atoms with van der Waals surface area (Å²) in [6, 6.07) is 10.5. The van der Waals surface area contributed by atoms with E-state index in [-0.39, 0.29) is 5.82 Å². The summed E-state index contributed by atoms with van der Waals surface area (Å²) in [6.07, 6.45) is -1.11. The van der Waals surface area contributed by atoms with E-state index in [1.807, 2.05) is 0 Å². The SMILES string of the molecule is COc1ccc(-n2nnnc2C(O)c2cc(OC)c(OC)c(OC)c2)cc1. The molecule has 9 heteroatoms. The van der Waals surface area contributed by atoms with Gasteiger partial charge in [0.25, 0.3) is 0 Å². The van der Waals surface area contributed by atoms with Crippen LogP contribution >= 0.6 is 0 Å². The first-order valence-corrected chi connectivity index (χ1v) is 8.03. The summed E-state index contributed by atoms with van der Waals surface area (Å²) in [7, 11) is 6.12. The predicted octanol–water partition coefficient (Wildman–Crippen LogP) is 1.78. The zero-order chi connectivity index (χ0) is 19.4. The summed E-state index contributed by atoms with van der Waals surface area (Å²) >= 11 is 0. The van der Waals surface area contributed by atoms with Gasteiger partial charge in [-0.25, -0.2) is 0 Å². The van der Waals surface area contributed by atoms with Crippen molar-refractivity contribution < 1.29 is 24.1 Å². The molecule has 0 spiro atoms. The molecule has 1 atom stereocenters. The average molecular weight is 372 g/mol. The Morgan fingerprint density at radius 1 is 0.889 bits per heavy atom. The van der Waals surface area contributed by atoms with Crippen molar-refractivity contribution in [3.8, 4) is 28.7 Å². The lowest BCUT2D eigenvalue weighted by molar-refractivity contribution is 0.205. The van der Waals surface area contributed by atoms with E-state index in [4.69, 9.17) is 18.9 Å². The minimum atomic E-state index is -1.11. The maximum Gasteiger partial charge on any atom is 0.203 e. The van der Waals surface area contributed by atoms with Crippen LogP contribution in [-0.4, -0.2) is 53.8 Å². The van der Waals surface area contributed by atoms with E-state index in [1.54, 1.807) is 43.5 Å². The fraction of sp³-hybridized carbons (Fsp3) is 0.278. The van der Waals surface area contributed by atoms with Gasteiger partial charge in [-0.3, -0.25) is 0 Å². The second-order valence-electron chi connectivity index (χ2n) is 5.51. The Labute approximate surface area is 156 Å². The molecule has 1 unspecified atom stereocenters. The number of ether oxygens (including phenoxy) is 4. The summed E-state index contributed by atoms with van der Waals surface area (Å²) in [5, 5.41) is 22.5. The van der Waals surface area contributed by atoms with Crippen molar-refractivity contribution >= 4 is 0 Å². The Hall–Kier alpha value is -3.33. The van der Waals surface area contributed by atoms with Crippen LogP contribution in [0.1, 0.15) is 17.5 Å². The third-order valence-corrected chi connectivity index (χ3v) is 4.06. The molecule has 1 heterocycles. The van der Waals surface area contributed by atoms with Crippen LogP contribution in [0.4, 0.5) is 0 Å². The lowest BCUT2D eigenvalue weighted by Gasteiger charge is -2.17. The second kappa shape index (κ2) is 7.92.